The number of carbonyl (C=O) groups is 3. The van der Waals surface area contributed by atoms with Crippen molar-refractivity contribution in [2.45, 2.75) is 6.61 Å². The molecule has 2 amide bonds. The first-order valence-electron chi connectivity index (χ1n) is 10.7. The molecule has 1 heterocycles. The molecule has 0 aromatic heterocycles. The van der Waals surface area contributed by atoms with Crippen molar-refractivity contribution in [2.24, 2.45) is 0 Å². The molecule has 0 spiro atoms. The molecular formula is C26H18BrIN2O6S. The zero-order chi connectivity index (χ0) is 26.7. The number of nitrogens with zero attached hydrogens (tertiary/aromatic N) is 1. The minimum Gasteiger partial charge on any atom is -0.493 e. The van der Waals surface area contributed by atoms with E-state index in [0.29, 0.717) is 28.1 Å². The Balaban J connectivity index is 1.64. The lowest BCUT2D eigenvalue weighted by atomic mass is 10.1. The first kappa shape index (κ1) is 26.8. The third-order valence-electron chi connectivity index (χ3n) is 5.31. The molecule has 0 bridgehead atoms. The normalized spacial score (nSPS) is 14.5. The highest BCUT2D eigenvalue weighted by Crippen LogP contribution is 2.38. The second kappa shape index (κ2) is 11.4. The fraction of sp³-hybridized carbons (Fsp3) is 0.0769. The van der Waals surface area contributed by atoms with E-state index in [9.17, 15) is 19.5 Å². The fourth-order valence-electron chi connectivity index (χ4n) is 3.54. The lowest BCUT2D eigenvalue weighted by Gasteiger charge is -2.29. The Bertz CT molecular complexity index is 1460. The van der Waals surface area contributed by atoms with Crippen LogP contribution < -0.4 is 19.7 Å². The van der Waals surface area contributed by atoms with E-state index < -0.39 is 17.8 Å². The highest BCUT2D eigenvalue weighted by Gasteiger charge is 2.34. The molecule has 37 heavy (non-hydrogen) atoms. The van der Waals surface area contributed by atoms with E-state index >= 15 is 0 Å². The van der Waals surface area contributed by atoms with Crippen LogP contribution >= 0.6 is 50.7 Å². The van der Waals surface area contributed by atoms with Crippen molar-refractivity contribution in [1.29, 1.82) is 0 Å². The minimum absolute atomic E-state index is 0.0231. The predicted octanol–water partition coefficient (Wildman–Crippen LogP) is 5.17. The number of methoxy groups -OCH3 is 1. The summed E-state index contributed by atoms with van der Waals surface area (Å²) in [5, 5.41) is 11.6. The van der Waals surface area contributed by atoms with Gasteiger partial charge in [-0.25, -0.2) is 4.79 Å². The molecular weight excluding hydrogens is 675 g/mol. The van der Waals surface area contributed by atoms with Crippen LogP contribution in [0.4, 0.5) is 5.69 Å². The first-order valence-corrected chi connectivity index (χ1v) is 13.0. The van der Waals surface area contributed by atoms with E-state index in [2.05, 4.69) is 43.8 Å². The molecule has 2 N–H and O–H groups in total. The van der Waals surface area contributed by atoms with E-state index in [0.717, 1.165) is 14.0 Å². The zero-order valence-electron chi connectivity index (χ0n) is 19.2. The van der Waals surface area contributed by atoms with E-state index in [4.69, 9.17) is 21.7 Å². The van der Waals surface area contributed by atoms with E-state index in [1.54, 1.807) is 12.1 Å². The van der Waals surface area contributed by atoms with Gasteiger partial charge in [-0.1, -0.05) is 18.2 Å². The molecule has 0 atom stereocenters. The number of amides is 2. The topological polar surface area (TPSA) is 105 Å². The quantitative estimate of drug-likeness (QED) is 0.152. The lowest BCUT2D eigenvalue weighted by Crippen LogP contribution is -2.54. The van der Waals surface area contributed by atoms with Gasteiger partial charge in [0.2, 0.25) is 0 Å². The third-order valence-corrected chi connectivity index (χ3v) is 6.91. The summed E-state index contributed by atoms with van der Waals surface area (Å²) in [5.74, 6) is -1.65. The Morgan fingerprint density at radius 1 is 1.16 bits per heavy atom. The maximum atomic E-state index is 13.3. The molecule has 1 saturated heterocycles. The molecule has 1 fully saturated rings. The van der Waals surface area contributed by atoms with Gasteiger partial charge in [0, 0.05) is 3.57 Å². The third kappa shape index (κ3) is 6.00. The number of halogens is 2. The van der Waals surface area contributed by atoms with Crippen LogP contribution in [-0.4, -0.2) is 35.1 Å². The lowest BCUT2D eigenvalue weighted by molar-refractivity contribution is -0.122. The van der Waals surface area contributed by atoms with Gasteiger partial charge in [0.1, 0.15) is 12.2 Å². The van der Waals surface area contributed by atoms with Gasteiger partial charge in [0.25, 0.3) is 11.8 Å². The average molecular weight is 693 g/mol. The van der Waals surface area contributed by atoms with Gasteiger partial charge < -0.3 is 14.6 Å². The van der Waals surface area contributed by atoms with Crippen LogP contribution in [0.1, 0.15) is 21.5 Å². The average Bonchev–Trinajstić information content (AvgIpc) is 2.86. The summed E-state index contributed by atoms with van der Waals surface area (Å²) in [4.78, 5) is 38.5. The largest absolute Gasteiger partial charge is 0.493 e. The van der Waals surface area contributed by atoms with Crippen LogP contribution in [0.25, 0.3) is 6.08 Å². The van der Waals surface area contributed by atoms with Crippen molar-refractivity contribution in [2.75, 3.05) is 12.0 Å². The highest BCUT2D eigenvalue weighted by atomic mass is 127. The number of hydrogen-bond donors (Lipinski definition) is 2. The molecule has 11 heteroatoms. The van der Waals surface area contributed by atoms with Crippen molar-refractivity contribution in [1.82, 2.24) is 5.32 Å². The van der Waals surface area contributed by atoms with E-state index in [1.807, 2.05) is 24.3 Å². The van der Waals surface area contributed by atoms with E-state index in [-0.39, 0.29) is 21.9 Å². The SMILES string of the molecule is COc1cc(C=C2C(=O)NC(=S)N(c3cccc(C(=O)O)c3)C2=O)cc(Br)c1OCc1ccc(I)cc1. The van der Waals surface area contributed by atoms with Crippen LogP contribution in [0.3, 0.4) is 0 Å². The monoisotopic (exact) mass is 692 g/mol. The summed E-state index contributed by atoms with van der Waals surface area (Å²) >= 11 is 10.9. The van der Waals surface area contributed by atoms with E-state index in [1.165, 1.54) is 37.5 Å². The van der Waals surface area contributed by atoms with Crippen molar-refractivity contribution in [3.8, 4) is 11.5 Å². The molecule has 188 valence electrons. The fourth-order valence-corrected chi connectivity index (χ4v) is 4.75. The molecule has 1 aliphatic heterocycles. The molecule has 1 aliphatic rings. The summed E-state index contributed by atoms with van der Waals surface area (Å²) in [6, 6.07) is 17.0. The number of hydrogen-bond acceptors (Lipinski definition) is 6. The Labute approximate surface area is 239 Å². The van der Waals surface area contributed by atoms with Gasteiger partial charge in [0.05, 0.1) is 22.8 Å². The summed E-state index contributed by atoms with van der Waals surface area (Å²) < 4.78 is 13.2. The molecule has 0 radical (unpaired) electrons. The van der Waals surface area contributed by atoms with Crippen molar-refractivity contribution in [3.63, 3.8) is 0 Å². The van der Waals surface area contributed by atoms with Gasteiger partial charge >= 0.3 is 5.97 Å². The van der Waals surface area contributed by atoms with Crippen LogP contribution in [0.2, 0.25) is 0 Å². The maximum Gasteiger partial charge on any atom is 0.335 e. The van der Waals surface area contributed by atoms with Gasteiger partial charge in [-0.3, -0.25) is 19.8 Å². The van der Waals surface area contributed by atoms with Crippen LogP contribution in [0.5, 0.6) is 11.5 Å². The summed E-state index contributed by atoms with van der Waals surface area (Å²) in [6.45, 7) is 0.315. The Morgan fingerprint density at radius 2 is 1.89 bits per heavy atom. The number of carboxylic acids is 1. The molecule has 3 aromatic carbocycles. The summed E-state index contributed by atoms with van der Waals surface area (Å²) in [5.41, 5.74) is 1.49. The molecule has 0 aliphatic carbocycles. The Morgan fingerprint density at radius 3 is 2.57 bits per heavy atom. The number of nitrogens with one attached hydrogen (secondary N) is 1. The van der Waals surface area contributed by atoms with Gasteiger partial charge in [-0.05, 0) is 110 Å². The number of aromatic carboxylic acids is 1. The Kier molecular flexibility index (Phi) is 8.25. The number of anilines is 1. The summed E-state index contributed by atoms with van der Waals surface area (Å²) in [7, 11) is 1.49. The molecule has 3 aromatic rings. The number of benzene rings is 3. The molecule has 4 rings (SSSR count). The van der Waals surface area contributed by atoms with Gasteiger partial charge in [-0.15, -0.1) is 0 Å². The number of carboxylic acid groups (broad SMARTS) is 1. The smallest absolute Gasteiger partial charge is 0.335 e. The van der Waals surface area contributed by atoms with Crippen LogP contribution in [0.15, 0.2) is 70.7 Å². The molecule has 0 unspecified atom stereocenters. The molecule has 8 nitrogen and oxygen atoms in total. The zero-order valence-corrected chi connectivity index (χ0v) is 23.7. The van der Waals surface area contributed by atoms with Gasteiger partial charge in [-0.2, -0.15) is 0 Å². The first-order chi connectivity index (χ1) is 17.7. The number of ether oxygens (including phenoxy) is 2. The van der Waals surface area contributed by atoms with Crippen LogP contribution in [-0.2, 0) is 16.2 Å². The predicted molar refractivity (Wildman–Crippen MR) is 154 cm³/mol. The van der Waals surface area contributed by atoms with Gasteiger partial charge in [0.15, 0.2) is 16.6 Å². The second-order valence-corrected chi connectivity index (χ2v) is 10.2. The van der Waals surface area contributed by atoms with Crippen molar-refractivity contribution < 1.29 is 29.0 Å². The maximum absolute atomic E-state index is 13.3. The number of carbonyl (C=O) groups excluding carboxylic acids is 2. The minimum atomic E-state index is -1.15. The highest BCUT2D eigenvalue weighted by molar-refractivity contribution is 14.1. The Hall–Kier alpha value is -3.29. The summed E-state index contributed by atoms with van der Waals surface area (Å²) in [6.07, 6.45) is 1.41. The molecule has 0 saturated carbocycles. The van der Waals surface area contributed by atoms with Crippen LogP contribution in [0, 0.1) is 3.57 Å². The standard InChI is InChI=1S/C26H18BrIN2O6S/c1-35-21-11-15(10-20(27)22(21)36-13-14-5-7-17(28)8-6-14)9-19-23(31)29-26(37)30(24(19)32)18-4-2-3-16(12-18)25(33)34/h2-12H,13H2,1H3,(H,33,34)(H,29,31,37). The number of rotatable bonds is 7. The van der Waals surface area contributed by atoms with Crippen molar-refractivity contribution in [3.05, 3.63) is 91.0 Å². The number of thiocarbonyl (C=S) groups is 1. The van der Waals surface area contributed by atoms with Crippen molar-refractivity contribution >= 4 is 85.4 Å². The second-order valence-electron chi connectivity index (χ2n) is 7.76.